The number of ether oxygens (including phenoxy) is 1. The summed E-state index contributed by atoms with van der Waals surface area (Å²) in [6.45, 7) is 1.92. The molecule has 2 heterocycles. The van der Waals surface area contributed by atoms with E-state index in [1.165, 1.54) is 12.3 Å². The Balaban J connectivity index is 1.12. The highest BCUT2D eigenvalue weighted by Gasteiger charge is 2.54. The van der Waals surface area contributed by atoms with Crippen LogP contribution in [0.3, 0.4) is 0 Å². The first-order chi connectivity index (χ1) is 23.5. The predicted molar refractivity (Wildman–Crippen MR) is 187 cm³/mol. The van der Waals surface area contributed by atoms with E-state index in [0.29, 0.717) is 28.5 Å². The van der Waals surface area contributed by atoms with Gasteiger partial charge in [-0.25, -0.2) is 22.5 Å². The van der Waals surface area contributed by atoms with Crippen LogP contribution in [0, 0.1) is 18.7 Å². The van der Waals surface area contributed by atoms with Crippen molar-refractivity contribution in [3.63, 3.8) is 0 Å². The highest BCUT2D eigenvalue weighted by atomic mass is 32.2. The molecule has 0 radical (unpaired) electrons. The molecule has 3 aromatic rings. The molecule has 2 aromatic carbocycles. The van der Waals surface area contributed by atoms with Gasteiger partial charge in [0.25, 0.3) is 0 Å². The molecule has 2 N–H and O–H groups in total. The maximum absolute atomic E-state index is 15.5. The number of allylic oxidation sites excluding steroid dienone is 2. The van der Waals surface area contributed by atoms with Gasteiger partial charge in [-0.05, 0) is 106 Å². The number of anilines is 1. The standard InChI is InChI=1S/C38H44F2N4O4S/c1-25-19-35(43-49(2,47)24-45)44(42-25)28-14-16-33(31(21-28)30-10-5-11-32(39)36(30)27-8-4-9-27)48-29-15-13-26(20-29)7-3-12-34(46)38(40)22-37(41-23-38)17-6-18-37/h3,5,7,10-11,14,16,19,21,26-27,29,41H,4,6,8-9,12-13,15,17-18,20,22-23H2,1-2H3,(H,43,47)/b7-3+/t26-,29-,38-,49?/m1/s1. The third-order valence-electron chi connectivity index (χ3n) is 11.0. The molecule has 8 nitrogen and oxygen atoms in total. The minimum Gasteiger partial charge on any atom is -0.490 e. The highest BCUT2D eigenvalue weighted by Crippen LogP contribution is 2.47. The zero-order valence-corrected chi connectivity index (χ0v) is 28.9. The third kappa shape index (κ3) is 6.85. The predicted octanol–water partition coefficient (Wildman–Crippen LogP) is 7.25. The van der Waals surface area contributed by atoms with Crippen molar-refractivity contribution >= 4 is 26.5 Å². The average Bonchev–Trinajstić information content (AvgIpc) is 3.74. The number of halogens is 2. The zero-order chi connectivity index (χ0) is 34.4. The third-order valence-corrected chi connectivity index (χ3v) is 11.9. The topological polar surface area (TPSA) is 102 Å². The molecule has 4 atom stereocenters. The summed E-state index contributed by atoms with van der Waals surface area (Å²) in [7, 11) is -3.11. The Bertz CT molecular complexity index is 1940. The number of hydrogen-bond acceptors (Lipinski definition) is 6. The molecule has 1 unspecified atom stereocenters. The maximum Gasteiger partial charge on any atom is 0.205 e. The summed E-state index contributed by atoms with van der Waals surface area (Å²) in [5.74, 6) is 0.738. The van der Waals surface area contributed by atoms with Crippen molar-refractivity contribution in [2.24, 2.45) is 5.92 Å². The van der Waals surface area contributed by atoms with Crippen molar-refractivity contribution in [2.75, 3.05) is 17.5 Å². The second kappa shape index (κ2) is 13.2. The van der Waals surface area contributed by atoms with Crippen molar-refractivity contribution < 1.29 is 27.3 Å². The largest absolute Gasteiger partial charge is 0.490 e. The molecule has 260 valence electrons. The monoisotopic (exact) mass is 690 g/mol. The number of hydrogen-bond donors (Lipinski definition) is 2. The number of benzene rings is 2. The van der Waals surface area contributed by atoms with Gasteiger partial charge in [0.05, 0.1) is 17.5 Å². The second-order valence-electron chi connectivity index (χ2n) is 14.6. The minimum atomic E-state index is -3.11. The van der Waals surface area contributed by atoms with Gasteiger partial charge < -0.3 is 10.1 Å². The van der Waals surface area contributed by atoms with Crippen molar-refractivity contribution in [1.29, 1.82) is 0 Å². The molecule has 1 aliphatic heterocycles. The Hall–Kier alpha value is -3.79. The van der Waals surface area contributed by atoms with Crippen molar-refractivity contribution in [3.05, 3.63) is 71.7 Å². The van der Waals surface area contributed by atoms with E-state index >= 15 is 8.78 Å². The van der Waals surface area contributed by atoms with Gasteiger partial charge in [-0.1, -0.05) is 30.7 Å². The summed E-state index contributed by atoms with van der Waals surface area (Å²) in [6.07, 6.45) is 13.7. The van der Waals surface area contributed by atoms with Crippen LogP contribution >= 0.6 is 0 Å². The number of nitrogens with zero attached hydrogens (tertiary/aromatic N) is 2. The zero-order valence-electron chi connectivity index (χ0n) is 28.1. The van der Waals surface area contributed by atoms with Crippen LogP contribution in [0.1, 0.15) is 87.8 Å². The summed E-state index contributed by atoms with van der Waals surface area (Å²) >= 11 is 0. The van der Waals surface area contributed by atoms with Gasteiger partial charge in [0.15, 0.2) is 11.5 Å². The molecular weight excluding hydrogens is 647 g/mol. The number of Topliss-reactive ketones (excluding diaryl/α,β-unsaturated/α-hetero) is 1. The molecule has 11 heteroatoms. The number of rotatable bonds is 11. The summed E-state index contributed by atoms with van der Waals surface area (Å²) in [5, 5.41) is 9.43. The van der Waals surface area contributed by atoms with Gasteiger partial charge >= 0.3 is 0 Å². The lowest BCUT2D eigenvalue weighted by Crippen LogP contribution is -2.46. The lowest BCUT2D eigenvalue weighted by atomic mass is 9.73. The number of ketones is 1. The van der Waals surface area contributed by atoms with Crippen LogP contribution in [-0.4, -0.2) is 55.1 Å². The van der Waals surface area contributed by atoms with Crippen LogP contribution in [0.4, 0.5) is 14.6 Å². The molecule has 7 rings (SSSR count). The van der Waals surface area contributed by atoms with E-state index in [2.05, 4.69) is 15.1 Å². The lowest BCUT2D eigenvalue weighted by molar-refractivity contribution is -0.129. The van der Waals surface area contributed by atoms with Crippen molar-refractivity contribution in [2.45, 2.75) is 101 Å². The number of aromatic nitrogens is 2. The maximum atomic E-state index is 15.5. The SMILES string of the molecule is Cc1cc(NS(C)(=O)=C=O)n(-c2ccc(O[C@@H]3CC[C@@H](/C=C/CC(=O)[C@]4(F)CNC5(CCC5)C4)C3)c(-c3cccc(F)c3C3CCC3)c2)n1. The highest BCUT2D eigenvalue weighted by molar-refractivity contribution is 8.01. The first-order valence-corrected chi connectivity index (χ1v) is 19.4. The van der Waals surface area contributed by atoms with Gasteiger partial charge in [0.2, 0.25) is 5.23 Å². The summed E-state index contributed by atoms with van der Waals surface area (Å²) in [6, 6.07) is 12.5. The van der Waals surface area contributed by atoms with E-state index in [1.807, 2.05) is 36.4 Å². The van der Waals surface area contributed by atoms with Crippen LogP contribution in [0.5, 0.6) is 5.75 Å². The van der Waals surface area contributed by atoms with E-state index in [4.69, 9.17) is 4.74 Å². The second-order valence-corrected chi connectivity index (χ2v) is 16.7. The quantitative estimate of drug-likeness (QED) is 0.162. The molecule has 0 amide bonds. The van der Waals surface area contributed by atoms with Crippen molar-refractivity contribution in [3.8, 4) is 22.6 Å². The van der Waals surface area contributed by atoms with Gasteiger partial charge in [-0.15, -0.1) is 0 Å². The van der Waals surface area contributed by atoms with Crippen LogP contribution in [0.25, 0.3) is 16.8 Å². The molecule has 3 aliphatic carbocycles. The van der Waals surface area contributed by atoms with E-state index < -0.39 is 15.4 Å². The van der Waals surface area contributed by atoms with Crippen LogP contribution < -0.4 is 14.8 Å². The van der Waals surface area contributed by atoms with Crippen molar-refractivity contribution in [1.82, 2.24) is 15.1 Å². The fourth-order valence-electron chi connectivity index (χ4n) is 7.96. The van der Waals surface area contributed by atoms with Gasteiger partial charge in [0, 0.05) is 42.8 Å². The van der Waals surface area contributed by atoms with Gasteiger partial charge in [0.1, 0.15) is 27.1 Å². The number of alkyl halides is 1. The van der Waals surface area contributed by atoms with Crippen LogP contribution in [0.15, 0.2) is 54.6 Å². The molecule has 49 heavy (non-hydrogen) atoms. The Morgan fingerprint density at radius 3 is 2.67 bits per heavy atom. The molecule has 3 saturated carbocycles. The Morgan fingerprint density at radius 2 is 1.98 bits per heavy atom. The van der Waals surface area contributed by atoms with E-state index in [-0.39, 0.29) is 54.5 Å². The summed E-state index contributed by atoms with van der Waals surface area (Å²) in [5.41, 5.74) is 1.51. The molecule has 4 aliphatic rings. The molecule has 1 saturated heterocycles. The lowest BCUT2D eigenvalue weighted by Gasteiger charge is -2.38. The molecule has 0 bridgehead atoms. The molecule has 1 spiro atoms. The van der Waals surface area contributed by atoms with E-state index in [9.17, 15) is 13.8 Å². The Morgan fingerprint density at radius 1 is 1.16 bits per heavy atom. The molecular formula is C38H44F2N4O4S. The first-order valence-electron chi connectivity index (χ1n) is 17.4. The van der Waals surface area contributed by atoms with Gasteiger partial charge in [-0.2, -0.15) is 5.10 Å². The number of carbonyl (C=O) groups excluding carboxylic acids is 2. The van der Waals surface area contributed by atoms with Gasteiger partial charge in [-0.3, -0.25) is 9.52 Å². The average molecular weight is 691 g/mol. The summed E-state index contributed by atoms with van der Waals surface area (Å²) < 4.78 is 54.6. The molecule has 1 aromatic heterocycles. The number of nitrogens with one attached hydrogen (secondary N) is 2. The molecule has 4 fully saturated rings. The summed E-state index contributed by atoms with van der Waals surface area (Å²) in [4.78, 5) is 24.2. The van der Waals surface area contributed by atoms with E-state index in [1.54, 1.807) is 29.0 Å². The van der Waals surface area contributed by atoms with Crippen LogP contribution in [0.2, 0.25) is 0 Å². The van der Waals surface area contributed by atoms with Crippen LogP contribution in [-0.2, 0) is 19.3 Å². The fourth-order valence-corrected chi connectivity index (χ4v) is 8.55. The Kier molecular flexibility index (Phi) is 9.05. The van der Waals surface area contributed by atoms with E-state index in [0.717, 1.165) is 68.9 Å². The smallest absolute Gasteiger partial charge is 0.205 e. The minimum absolute atomic E-state index is 0.0903. The normalized spacial score (nSPS) is 25.9. The number of carbonyl (C=O) groups is 1. The Labute approximate surface area is 286 Å². The first kappa shape index (κ1) is 33.7. The fraction of sp³-hybridized carbons (Fsp3) is 0.500. The number of aryl methyl sites for hydroxylation is 1.